The monoisotopic (exact) mass is 287 g/mol. The van der Waals surface area contributed by atoms with Crippen LogP contribution in [-0.4, -0.2) is 23.7 Å². The molecule has 0 radical (unpaired) electrons. The first kappa shape index (κ1) is 14.6. The van der Waals surface area contributed by atoms with Crippen molar-refractivity contribution >= 4 is 17.4 Å². The van der Waals surface area contributed by atoms with E-state index in [1.165, 1.54) is 13.2 Å². The Kier molecular flexibility index (Phi) is 4.27. The van der Waals surface area contributed by atoms with Crippen LogP contribution < -0.4 is 11.1 Å². The molecule has 0 fully saturated rings. The number of benzene rings is 1. The van der Waals surface area contributed by atoms with Gasteiger partial charge in [0, 0.05) is 30.9 Å². The van der Waals surface area contributed by atoms with E-state index in [0.717, 1.165) is 6.07 Å². The van der Waals surface area contributed by atoms with Crippen LogP contribution in [0, 0.1) is 5.82 Å². The van der Waals surface area contributed by atoms with Gasteiger partial charge in [-0.25, -0.2) is 9.37 Å². The number of hydrogen-bond donors (Lipinski definition) is 2. The fourth-order valence-electron chi connectivity index (χ4n) is 1.85. The first-order chi connectivity index (χ1) is 10.0. The first-order valence-corrected chi connectivity index (χ1v) is 6.27. The Bertz CT molecular complexity index is 701. The van der Waals surface area contributed by atoms with Crippen LogP contribution in [0.3, 0.4) is 0 Å². The van der Waals surface area contributed by atoms with Gasteiger partial charge in [0.15, 0.2) is 17.3 Å². The van der Waals surface area contributed by atoms with Gasteiger partial charge in [0.25, 0.3) is 5.91 Å². The van der Waals surface area contributed by atoms with E-state index in [0.29, 0.717) is 11.3 Å². The third kappa shape index (κ3) is 3.22. The number of ketones is 1. The van der Waals surface area contributed by atoms with Crippen molar-refractivity contribution in [2.45, 2.75) is 6.42 Å². The van der Waals surface area contributed by atoms with E-state index in [1.807, 2.05) is 0 Å². The second kappa shape index (κ2) is 6.13. The maximum absolute atomic E-state index is 13.8. The number of hydrogen-bond acceptors (Lipinski definition) is 4. The molecule has 0 atom stereocenters. The molecule has 0 aliphatic carbocycles. The van der Waals surface area contributed by atoms with Crippen molar-refractivity contribution in [3.63, 3.8) is 0 Å². The molecular formula is C15H14FN3O2. The van der Waals surface area contributed by atoms with E-state index in [-0.39, 0.29) is 23.5 Å². The molecule has 0 saturated heterocycles. The number of nitrogens with one attached hydrogen (secondary N) is 1. The van der Waals surface area contributed by atoms with Crippen LogP contribution in [0.2, 0.25) is 0 Å². The van der Waals surface area contributed by atoms with Gasteiger partial charge >= 0.3 is 0 Å². The van der Waals surface area contributed by atoms with Gasteiger partial charge in [0.05, 0.1) is 0 Å². The smallest absolute Gasteiger partial charge is 0.272 e. The molecular weight excluding hydrogens is 273 g/mol. The predicted molar refractivity (Wildman–Crippen MR) is 76.5 cm³/mol. The van der Waals surface area contributed by atoms with Crippen molar-refractivity contribution in [1.29, 1.82) is 0 Å². The van der Waals surface area contributed by atoms with E-state index in [2.05, 4.69) is 10.3 Å². The number of para-hydroxylation sites is 1. The maximum Gasteiger partial charge on any atom is 0.272 e. The lowest BCUT2D eigenvalue weighted by molar-refractivity contribution is 0.0949. The van der Waals surface area contributed by atoms with Gasteiger partial charge in [-0.15, -0.1) is 0 Å². The van der Waals surface area contributed by atoms with Gasteiger partial charge < -0.3 is 11.1 Å². The minimum atomic E-state index is -0.832. The molecule has 1 heterocycles. The molecule has 6 heteroatoms. The summed E-state index contributed by atoms with van der Waals surface area (Å²) >= 11 is 0. The number of carbonyl (C=O) groups is 2. The second-order valence-corrected chi connectivity index (χ2v) is 4.43. The third-order valence-electron chi connectivity index (χ3n) is 3.01. The summed E-state index contributed by atoms with van der Waals surface area (Å²) in [4.78, 5) is 27.1. The summed E-state index contributed by atoms with van der Waals surface area (Å²) in [7, 11) is 1.38. The number of amides is 1. The molecule has 2 rings (SSSR count). The Morgan fingerprint density at radius 1 is 1.33 bits per heavy atom. The number of halogens is 1. The minimum Gasteiger partial charge on any atom is -0.398 e. The van der Waals surface area contributed by atoms with Crippen molar-refractivity contribution in [2.24, 2.45) is 0 Å². The highest BCUT2D eigenvalue weighted by Gasteiger charge is 2.16. The Labute approximate surface area is 121 Å². The standard InChI is InChI=1S/C15H14FN3O2/c1-18-15(21)14-11(16)6-10(8-19-14)13(20)7-9-4-2-3-5-12(9)17/h2-6,8H,7,17H2,1H3,(H,18,21). The number of nitrogens with zero attached hydrogens (tertiary/aromatic N) is 1. The number of rotatable bonds is 4. The molecule has 1 aromatic heterocycles. The highest BCUT2D eigenvalue weighted by molar-refractivity contribution is 5.99. The highest BCUT2D eigenvalue weighted by Crippen LogP contribution is 2.15. The molecule has 0 aliphatic rings. The maximum atomic E-state index is 13.8. The lowest BCUT2D eigenvalue weighted by Gasteiger charge is -2.06. The van der Waals surface area contributed by atoms with E-state index in [9.17, 15) is 14.0 Å². The summed E-state index contributed by atoms with van der Waals surface area (Å²) in [6.07, 6.45) is 1.24. The Hall–Kier alpha value is -2.76. The van der Waals surface area contributed by atoms with Gasteiger partial charge in [-0.2, -0.15) is 0 Å². The van der Waals surface area contributed by atoms with Gasteiger partial charge in [-0.05, 0) is 17.7 Å². The van der Waals surface area contributed by atoms with E-state index in [4.69, 9.17) is 5.73 Å². The molecule has 0 unspecified atom stereocenters. The third-order valence-corrected chi connectivity index (χ3v) is 3.01. The lowest BCUT2D eigenvalue weighted by atomic mass is 10.0. The first-order valence-electron chi connectivity index (χ1n) is 6.27. The summed E-state index contributed by atoms with van der Waals surface area (Å²) < 4.78 is 13.8. The molecule has 0 saturated carbocycles. The molecule has 1 amide bonds. The summed E-state index contributed by atoms with van der Waals surface area (Å²) in [5.74, 6) is -1.79. The summed E-state index contributed by atoms with van der Waals surface area (Å²) in [6, 6.07) is 7.97. The summed E-state index contributed by atoms with van der Waals surface area (Å²) in [5.41, 5.74) is 6.69. The SMILES string of the molecule is CNC(=O)c1ncc(C(=O)Cc2ccccc2N)cc1F. The highest BCUT2D eigenvalue weighted by atomic mass is 19.1. The number of nitrogen functional groups attached to an aromatic ring is 1. The molecule has 3 N–H and O–H groups in total. The lowest BCUT2D eigenvalue weighted by Crippen LogP contribution is -2.21. The van der Waals surface area contributed by atoms with E-state index < -0.39 is 11.7 Å². The number of carbonyl (C=O) groups excluding carboxylic acids is 2. The Morgan fingerprint density at radius 3 is 2.67 bits per heavy atom. The van der Waals surface area contributed by atoms with Crippen LogP contribution in [0.1, 0.15) is 26.4 Å². The van der Waals surface area contributed by atoms with Crippen molar-refractivity contribution in [1.82, 2.24) is 10.3 Å². The minimum absolute atomic E-state index is 0.0487. The van der Waals surface area contributed by atoms with Gasteiger partial charge in [0.2, 0.25) is 0 Å². The molecule has 5 nitrogen and oxygen atoms in total. The van der Waals surface area contributed by atoms with Crippen molar-refractivity contribution in [2.75, 3.05) is 12.8 Å². The number of aromatic nitrogens is 1. The molecule has 108 valence electrons. The normalized spacial score (nSPS) is 10.2. The zero-order valence-corrected chi connectivity index (χ0v) is 11.4. The Balaban J connectivity index is 2.23. The molecule has 0 spiro atoms. The average Bonchev–Trinajstić information content (AvgIpc) is 2.48. The topological polar surface area (TPSA) is 85.1 Å². The van der Waals surface area contributed by atoms with Crippen LogP contribution in [-0.2, 0) is 6.42 Å². The van der Waals surface area contributed by atoms with Crippen LogP contribution in [0.5, 0.6) is 0 Å². The number of nitrogens with two attached hydrogens (primary N) is 1. The molecule has 0 bridgehead atoms. The van der Waals surface area contributed by atoms with E-state index >= 15 is 0 Å². The fraction of sp³-hybridized carbons (Fsp3) is 0.133. The van der Waals surface area contributed by atoms with Crippen LogP contribution in [0.25, 0.3) is 0 Å². The van der Waals surface area contributed by atoms with Gasteiger partial charge in [-0.3, -0.25) is 9.59 Å². The molecule has 1 aromatic carbocycles. The van der Waals surface area contributed by atoms with Crippen molar-refractivity contribution < 1.29 is 14.0 Å². The number of pyridine rings is 1. The van der Waals surface area contributed by atoms with Crippen LogP contribution in [0.15, 0.2) is 36.5 Å². The quantitative estimate of drug-likeness (QED) is 0.660. The molecule has 0 aliphatic heterocycles. The second-order valence-electron chi connectivity index (χ2n) is 4.43. The fourth-order valence-corrected chi connectivity index (χ4v) is 1.85. The van der Waals surface area contributed by atoms with E-state index in [1.54, 1.807) is 24.3 Å². The Morgan fingerprint density at radius 2 is 2.05 bits per heavy atom. The van der Waals surface area contributed by atoms with Gasteiger partial charge in [-0.1, -0.05) is 18.2 Å². The van der Waals surface area contributed by atoms with Crippen molar-refractivity contribution in [3.8, 4) is 0 Å². The molecule has 21 heavy (non-hydrogen) atoms. The predicted octanol–water partition coefficient (Wildman–Crippen LogP) is 1.59. The summed E-state index contributed by atoms with van der Waals surface area (Å²) in [5, 5.41) is 2.28. The largest absolute Gasteiger partial charge is 0.398 e. The van der Waals surface area contributed by atoms with Gasteiger partial charge in [0.1, 0.15) is 0 Å². The van der Waals surface area contributed by atoms with Crippen LogP contribution in [0.4, 0.5) is 10.1 Å². The van der Waals surface area contributed by atoms with Crippen molar-refractivity contribution in [3.05, 3.63) is 59.2 Å². The number of Topliss-reactive ketones (excluding diaryl/α,β-unsaturated/α-hetero) is 1. The zero-order valence-electron chi connectivity index (χ0n) is 11.4. The molecule has 2 aromatic rings. The number of anilines is 1. The van der Waals surface area contributed by atoms with Crippen LogP contribution >= 0.6 is 0 Å². The zero-order chi connectivity index (χ0) is 15.4. The summed E-state index contributed by atoms with van der Waals surface area (Å²) in [6.45, 7) is 0. The average molecular weight is 287 g/mol.